The van der Waals surface area contributed by atoms with Gasteiger partial charge < -0.3 is 10.3 Å². The first-order chi connectivity index (χ1) is 9.00. The highest BCUT2D eigenvalue weighted by Gasteiger charge is 2.17. The Morgan fingerprint density at radius 3 is 2.63 bits per heavy atom. The van der Waals surface area contributed by atoms with E-state index in [0.717, 1.165) is 10.00 Å². The fourth-order valence-corrected chi connectivity index (χ4v) is 2.26. The molecule has 2 aromatic heterocycles. The van der Waals surface area contributed by atoms with Gasteiger partial charge in [-0.2, -0.15) is 0 Å². The number of aromatic nitrogens is 3. The highest BCUT2D eigenvalue weighted by Crippen LogP contribution is 2.14. The molecule has 19 heavy (non-hydrogen) atoms. The van der Waals surface area contributed by atoms with Gasteiger partial charge in [0.15, 0.2) is 0 Å². The van der Waals surface area contributed by atoms with Gasteiger partial charge in [-0.25, -0.2) is 22.7 Å². The number of pyridine rings is 1. The van der Waals surface area contributed by atoms with Gasteiger partial charge in [0.05, 0.1) is 18.6 Å². The Morgan fingerprint density at radius 1 is 1.32 bits per heavy atom. The zero-order valence-electron chi connectivity index (χ0n) is 10.7. The lowest BCUT2D eigenvalue weighted by Gasteiger charge is -2.11. The van der Waals surface area contributed by atoms with Gasteiger partial charge in [0.2, 0.25) is 10.0 Å². The lowest BCUT2D eigenvalue weighted by Crippen LogP contribution is -2.22. The van der Waals surface area contributed by atoms with Crippen LogP contribution >= 0.6 is 0 Å². The van der Waals surface area contributed by atoms with Crippen LogP contribution in [0.1, 0.15) is 5.69 Å². The van der Waals surface area contributed by atoms with Crippen LogP contribution in [0.25, 0.3) is 0 Å². The fourth-order valence-electron chi connectivity index (χ4n) is 1.42. The number of hydrogen-bond acceptors (Lipinski definition) is 5. The summed E-state index contributed by atoms with van der Waals surface area (Å²) in [7, 11) is -0.453. The molecule has 0 spiro atoms. The van der Waals surface area contributed by atoms with E-state index in [0.29, 0.717) is 12.4 Å². The fraction of sp³-hybridized carbons (Fsp3) is 0.273. The second kappa shape index (κ2) is 5.37. The molecule has 0 radical (unpaired) electrons. The number of anilines is 1. The van der Waals surface area contributed by atoms with Gasteiger partial charge >= 0.3 is 0 Å². The average Bonchev–Trinajstić information content (AvgIpc) is 2.90. The molecule has 0 aliphatic rings. The van der Waals surface area contributed by atoms with Gasteiger partial charge in [-0.3, -0.25) is 0 Å². The van der Waals surface area contributed by atoms with Crippen molar-refractivity contribution in [1.82, 2.24) is 19.3 Å². The van der Waals surface area contributed by atoms with Crippen LogP contribution in [0.5, 0.6) is 0 Å². The van der Waals surface area contributed by atoms with Gasteiger partial charge in [-0.1, -0.05) is 0 Å². The van der Waals surface area contributed by atoms with Crippen molar-refractivity contribution in [2.45, 2.75) is 11.4 Å². The number of sulfonamides is 1. The van der Waals surface area contributed by atoms with E-state index in [1.54, 1.807) is 18.6 Å². The standard InChI is InChI=1S/C11H15N5O2S/c1-16(2)19(17,18)10-3-4-11(14-7-10)13-6-9-5-12-8-15-9/h3-5,7-8H,6H2,1-2H3,(H,12,15)(H,13,14). The third kappa shape index (κ3) is 3.09. The molecule has 0 unspecified atom stereocenters. The average molecular weight is 281 g/mol. The van der Waals surface area contributed by atoms with Crippen molar-refractivity contribution in [1.29, 1.82) is 0 Å². The Morgan fingerprint density at radius 2 is 2.11 bits per heavy atom. The molecule has 2 rings (SSSR count). The topological polar surface area (TPSA) is 91.0 Å². The number of aromatic amines is 1. The number of imidazole rings is 1. The second-order valence-corrected chi connectivity index (χ2v) is 6.25. The summed E-state index contributed by atoms with van der Waals surface area (Å²) in [6.45, 7) is 0.548. The van der Waals surface area contributed by atoms with E-state index >= 15 is 0 Å². The quantitative estimate of drug-likeness (QED) is 0.840. The summed E-state index contributed by atoms with van der Waals surface area (Å²) in [4.78, 5) is 11.1. The van der Waals surface area contributed by atoms with Crippen molar-refractivity contribution in [2.75, 3.05) is 19.4 Å². The maximum atomic E-state index is 11.8. The van der Waals surface area contributed by atoms with E-state index in [1.165, 1.54) is 26.4 Å². The molecule has 0 aliphatic heterocycles. The SMILES string of the molecule is CN(C)S(=O)(=O)c1ccc(NCc2cnc[nH]2)nc1. The van der Waals surface area contributed by atoms with Crippen LogP contribution in [0.4, 0.5) is 5.82 Å². The van der Waals surface area contributed by atoms with E-state index in [9.17, 15) is 8.42 Å². The molecule has 0 aromatic carbocycles. The first-order valence-corrected chi connectivity index (χ1v) is 7.04. The lowest BCUT2D eigenvalue weighted by molar-refractivity contribution is 0.520. The van der Waals surface area contributed by atoms with Crippen LogP contribution in [0.2, 0.25) is 0 Å². The van der Waals surface area contributed by atoms with E-state index in [-0.39, 0.29) is 4.90 Å². The van der Waals surface area contributed by atoms with Crippen molar-refractivity contribution in [3.8, 4) is 0 Å². The van der Waals surface area contributed by atoms with Crippen molar-refractivity contribution in [3.63, 3.8) is 0 Å². The lowest BCUT2D eigenvalue weighted by atomic mass is 10.4. The summed E-state index contributed by atoms with van der Waals surface area (Å²) in [5.41, 5.74) is 0.923. The minimum Gasteiger partial charge on any atom is -0.364 e. The third-order valence-electron chi connectivity index (χ3n) is 2.53. The number of nitrogens with zero attached hydrogens (tertiary/aromatic N) is 3. The summed E-state index contributed by atoms with van der Waals surface area (Å²) in [6, 6.07) is 3.16. The number of H-pyrrole nitrogens is 1. The Hall–Kier alpha value is -1.93. The minimum atomic E-state index is -3.42. The molecule has 2 N–H and O–H groups in total. The second-order valence-electron chi connectivity index (χ2n) is 4.10. The number of nitrogens with one attached hydrogen (secondary N) is 2. The molecule has 0 saturated heterocycles. The van der Waals surface area contributed by atoms with Crippen LogP contribution in [0.15, 0.2) is 35.7 Å². The van der Waals surface area contributed by atoms with Crippen LogP contribution in [-0.2, 0) is 16.6 Å². The van der Waals surface area contributed by atoms with Crippen molar-refractivity contribution < 1.29 is 8.42 Å². The van der Waals surface area contributed by atoms with Gasteiger partial charge in [-0.05, 0) is 12.1 Å². The molecule has 0 saturated carbocycles. The minimum absolute atomic E-state index is 0.171. The zero-order chi connectivity index (χ0) is 13.9. The normalized spacial score (nSPS) is 11.7. The van der Waals surface area contributed by atoms with Crippen molar-refractivity contribution in [3.05, 3.63) is 36.5 Å². The summed E-state index contributed by atoms with van der Waals surface area (Å²) in [5, 5.41) is 3.06. The van der Waals surface area contributed by atoms with E-state index < -0.39 is 10.0 Å². The molecule has 0 amide bonds. The Labute approximate surface area is 111 Å². The molecule has 2 aromatic rings. The largest absolute Gasteiger partial charge is 0.364 e. The summed E-state index contributed by atoms with van der Waals surface area (Å²) >= 11 is 0. The Bertz CT molecular complexity index is 620. The molecule has 7 nitrogen and oxygen atoms in total. The van der Waals surface area contributed by atoms with Crippen molar-refractivity contribution in [2.24, 2.45) is 0 Å². The van der Waals surface area contributed by atoms with Crippen molar-refractivity contribution >= 4 is 15.8 Å². The number of rotatable bonds is 5. The predicted molar refractivity (Wildman–Crippen MR) is 71.0 cm³/mol. The van der Waals surface area contributed by atoms with Crippen LogP contribution in [-0.4, -0.2) is 41.8 Å². The molecule has 8 heteroatoms. The van der Waals surface area contributed by atoms with Crippen LogP contribution in [0, 0.1) is 0 Å². The maximum Gasteiger partial charge on any atom is 0.244 e. The zero-order valence-corrected chi connectivity index (χ0v) is 11.5. The maximum absolute atomic E-state index is 11.8. The smallest absolute Gasteiger partial charge is 0.244 e. The van der Waals surface area contributed by atoms with E-state index in [2.05, 4.69) is 20.3 Å². The number of hydrogen-bond donors (Lipinski definition) is 2. The predicted octanol–water partition coefficient (Wildman–Crippen LogP) is 0.667. The third-order valence-corrected chi connectivity index (χ3v) is 4.33. The molecular formula is C11H15N5O2S. The Balaban J connectivity index is 2.07. The summed E-state index contributed by atoms with van der Waals surface area (Å²) in [6.07, 6.45) is 4.64. The first-order valence-electron chi connectivity index (χ1n) is 5.60. The molecule has 2 heterocycles. The first kappa shape index (κ1) is 13.5. The molecule has 0 aliphatic carbocycles. The Kier molecular flexibility index (Phi) is 3.82. The summed E-state index contributed by atoms with van der Waals surface area (Å²) in [5.74, 6) is 0.604. The van der Waals surface area contributed by atoms with Crippen LogP contribution < -0.4 is 5.32 Å². The highest BCUT2D eigenvalue weighted by molar-refractivity contribution is 7.89. The van der Waals surface area contributed by atoms with Crippen LogP contribution in [0.3, 0.4) is 0 Å². The molecule has 0 bridgehead atoms. The molecular weight excluding hydrogens is 266 g/mol. The highest BCUT2D eigenvalue weighted by atomic mass is 32.2. The van der Waals surface area contributed by atoms with E-state index in [1.807, 2.05) is 0 Å². The molecule has 0 fully saturated rings. The monoisotopic (exact) mass is 281 g/mol. The van der Waals surface area contributed by atoms with Gasteiger partial charge in [-0.15, -0.1) is 0 Å². The molecule has 102 valence electrons. The van der Waals surface area contributed by atoms with Gasteiger partial charge in [0.1, 0.15) is 10.7 Å². The van der Waals surface area contributed by atoms with Gasteiger partial charge in [0.25, 0.3) is 0 Å². The van der Waals surface area contributed by atoms with E-state index in [4.69, 9.17) is 0 Å². The summed E-state index contributed by atoms with van der Waals surface area (Å²) < 4.78 is 24.8. The van der Waals surface area contributed by atoms with Gasteiger partial charge in [0, 0.05) is 26.5 Å². The molecule has 0 atom stereocenters.